The SMILES string of the molecule is Cc1ccc(Br)cc1NC(=O)C1CNC(=O)CN1. The molecule has 0 aliphatic carbocycles. The number of aryl methyl sites for hydroxylation is 1. The summed E-state index contributed by atoms with van der Waals surface area (Å²) in [6, 6.07) is 5.31. The normalized spacial score (nSPS) is 19.2. The van der Waals surface area contributed by atoms with E-state index in [1.165, 1.54) is 0 Å². The van der Waals surface area contributed by atoms with E-state index >= 15 is 0 Å². The molecule has 2 rings (SSSR count). The quantitative estimate of drug-likeness (QED) is 0.756. The van der Waals surface area contributed by atoms with Crippen LogP contribution in [-0.4, -0.2) is 30.9 Å². The van der Waals surface area contributed by atoms with E-state index in [1.54, 1.807) is 0 Å². The minimum Gasteiger partial charge on any atom is -0.353 e. The van der Waals surface area contributed by atoms with E-state index in [-0.39, 0.29) is 24.4 Å². The third-order valence-electron chi connectivity index (χ3n) is 2.79. The number of rotatable bonds is 2. The van der Waals surface area contributed by atoms with E-state index in [4.69, 9.17) is 0 Å². The van der Waals surface area contributed by atoms with Gasteiger partial charge in [-0.25, -0.2) is 0 Å². The Kier molecular flexibility index (Phi) is 3.98. The molecule has 96 valence electrons. The van der Waals surface area contributed by atoms with Crippen LogP contribution in [0.1, 0.15) is 5.56 Å². The average molecular weight is 312 g/mol. The first-order chi connectivity index (χ1) is 8.56. The van der Waals surface area contributed by atoms with Crippen molar-refractivity contribution in [2.75, 3.05) is 18.4 Å². The standard InChI is InChI=1S/C12H14BrN3O2/c1-7-2-3-8(13)4-9(7)16-12(18)10-5-15-11(17)6-14-10/h2-4,10,14H,5-6H2,1H3,(H,15,17)(H,16,18). The van der Waals surface area contributed by atoms with Crippen LogP contribution >= 0.6 is 15.9 Å². The summed E-state index contributed by atoms with van der Waals surface area (Å²) in [5.74, 6) is -0.228. The maximum atomic E-state index is 12.0. The van der Waals surface area contributed by atoms with Gasteiger partial charge < -0.3 is 10.6 Å². The van der Waals surface area contributed by atoms with Crippen LogP contribution in [0.25, 0.3) is 0 Å². The molecule has 1 unspecified atom stereocenters. The molecule has 1 aromatic rings. The van der Waals surface area contributed by atoms with Crippen molar-refractivity contribution in [3.8, 4) is 0 Å². The third-order valence-corrected chi connectivity index (χ3v) is 3.28. The maximum Gasteiger partial charge on any atom is 0.243 e. The zero-order valence-corrected chi connectivity index (χ0v) is 11.5. The Morgan fingerprint density at radius 1 is 1.50 bits per heavy atom. The van der Waals surface area contributed by atoms with E-state index in [0.29, 0.717) is 6.54 Å². The fourth-order valence-electron chi connectivity index (χ4n) is 1.70. The van der Waals surface area contributed by atoms with Crippen LogP contribution in [-0.2, 0) is 9.59 Å². The van der Waals surface area contributed by atoms with Gasteiger partial charge in [-0.05, 0) is 24.6 Å². The first-order valence-electron chi connectivity index (χ1n) is 5.63. The number of nitrogens with one attached hydrogen (secondary N) is 3. The first kappa shape index (κ1) is 13.0. The molecule has 0 radical (unpaired) electrons. The van der Waals surface area contributed by atoms with E-state index in [1.807, 2.05) is 25.1 Å². The fourth-order valence-corrected chi connectivity index (χ4v) is 2.06. The van der Waals surface area contributed by atoms with Crippen LogP contribution in [0.2, 0.25) is 0 Å². The van der Waals surface area contributed by atoms with Crippen LogP contribution in [0, 0.1) is 6.92 Å². The highest BCUT2D eigenvalue weighted by Gasteiger charge is 2.23. The molecule has 1 aliphatic rings. The van der Waals surface area contributed by atoms with Crippen molar-refractivity contribution in [3.05, 3.63) is 28.2 Å². The van der Waals surface area contributed by atoms with Crippen LogP contribution in [0.3, 0.4) is 0 Å². The lowest BCUT2D eigenvalue weighted by Crippen LogP contribution is -2.56. The largest absolute Gasteiger partial charge is 0.353 e. The number of carbonyl (C=O) groups is 2. The third kappa shape index (κ3) is 3.08. The number of hydrogen-bond donors (Lipinski definition) is 3. The molecule has 1 aliphatic heterocycles. The lowest BCUT2D eigenvalue weighted by Gasteiger charge is -2.23. The van der Waals surface area contributed by atoms with Gasteiger partial charge in [0.15, 0.2) is 0 Å². The molecule has 0 aromatic heterocycles. The van der Waals surface area contributed by atoms with Crippen LogP contribution < -0.4 is 16.0 Å². The fraction of sp³-hybridized carbons (Fsp3) is 0.333. The lowest BCUT2D eigenvalue weighted by molar-refractivity contribution is -0.124. The van der Waals surface area contributed by atoms with Crippen LogP contribution in [0.4, 0.5) is 5.69 Å². The summed E-state index contributed by atoms with van der Waals surface area (Å²) in [7, 11) is 0. The number of halogens is 1. The Bertz CT molecular complexity index is 480. The van der Waals surface area contributed by atoms with E-state index < -0.39 is 0 Å². The monoisotopic (exact) mass is 311 g/mol. The van der Waals surface area contributed by atoms with Gasteiger partial charge in [0.2, 0.25) is 11.8 Å². The molecule has 0 bridgehead atoms. The molecule has 5 nitrogen and oxygen atoms in total. The summed E-state index contributed by atoms with van der Waals surface area (Å²) in [6.07, 6.45) is 0. The molecule has 3 N–H and O–H groups in total. The molecule has 18 heavy (non-hydrogen) atoms. The van der Waals surface area contributed by atoms with Gasteiger partial charge in [-0.3, -0.25) is 14.9 Å². The molecule has 6 heteroatoms. The molecule has 0 spiro atoms. The van der Waals surface area contributed by atoms with E-state index in [2.05, 4.69) is 31.9 Å². The van der Waals surface area contributed by atoms with Crippen LogP contribution in [0.5, 0.6) is 0 Å². The van der Waals surface area contributed by atoms with E-state index in [9.17, 15) is 9.59 Å². The van der Waals surface area contributed by atoms with Gasteiger partial charge in [0.1, 0.15) is 6.04 Å². The van der Waals surface area contributed by atoms with Gasteiger partial charge in [-0.15, -0.1) is 0 Å². The highest BCUT2D eigenvalue weighted by atomic mass is 79.9. The molecule has 1 saturated heterocycles. The number of hydrogen-bond acceptors (Lipinski definition) is 3. The van der Waals surface area contributed by atoms with Gasteiger partial charge in [0.05, 0.1) is 6.54 Å². The van der Waals surface area contributed by atoms with Gasteiger partial charge in [-0.1, -0.05) is 22.0 Å². The summed E-state index contributed by atoms with van der Waals surface area (Å²) in [5.41, 5.74) is 1.76. The van der Waals surface area contributed by atoms with Crippen molar-refractivity contribution >= 4 is 33.4 Å². The number of benzene rings is 1. The van der Waals surface area contributed by atoms with Gasteiger partial charge in [0.25, 0.3) is 0 Å². The van der Waals surface area contributed by atoms with Crippen molar-refractivity contribution in [1.82, 2.24) is 10.6 Å². The molecule has 1 aromatic carbocycles. The minimum atomic E-state index is -0.388. The second-order valence-corrected chi connectivity index (χ2v) is 5.10. The van der Waals surface area contributed by atoms with Gasteiger partial charge in [-0.2, -0.15) is 0 Å². The highest BCUT2D eigenvalue weighted by Crippen LogP contribution is 2.20. The summed E-state index contributed by atoms with van der Waals surface area (Å²) < 4.78 is 0.910. The summed E-state index contributed by atoms with van der Waals surface area (Å²) in [6.45, 7) is 2.42. The lowest BCUT2D eigenvalue weighted by atomic mass is 10.1. The van der Waals surface area contributed by atoms with Crippen molar-refractivity contribution in [2.45, 2.75) is 13.0 Å². The predicted octanol–water partition coefficient (Wildman–Crippen LogP) is 0.784. The molecule has 1 atom stereocenters. The Balaban J connectivity index is 2.02. The summed E-state index contributed by atoms with van der Waals surface area (Å²) in [4.78, 5) is 23.0. The predicted molar refractivity (Wildman–Crippen MR) is 72.3 cm³/mol. The van der Waals surface area contributed by atoms with Gasteiger partial charge >= 0.3 is 0 Å². The second-order valence-electron chi connectivity index (χ2n) is 4.19. The first-order valence-corrected chi connectivity index (χ1v) is 6.42. The molecule has 2 amide bonds. The molecule has 0 saturated carbocycles. The van der Waals surface area contributed by atoms with E-state index in [0.717, 1.165) is 15.7 Å². The Morgan fingerprint density at radius 3 is 2.94 bits per heavy atom. The van der Waals surface area contributed by atoms with Crippen molar-refractivity contribution < 1.29 is 9.59 Å². The number of carbonyl (C=O) groups excluding carboxylic acids is 2. The summed E-state index contributed by atoms with van der Waals surface area (Å²) >= 11 is 3.37. The topological polar surface area (TPSA) is 70.2 Å². The summed E-state index contributed by atoms with van der Waals surface area (Å²) in [5, 5.41) is 8.39. The highest BCUT2D eigenvalue weighted by molar-refractivity contribution is 9.10. The smallest absolute Gasteiger partial charge is 0.243 e. The molecule has 1 heterocycles. The average Bonchev–Trinajstić information content (AvgIpc) is 2.34. The number of piperazine rings is 1. The van der Waals surface area contributed by atoms with Crippen molar-refractivity contribution in [3.63, 3.8) is 0 Å². The van der Waals surface area contributed by atoms with Crippen molar-refractivity contribution in [1.29, 1.82) is 0 Å². The zero-order valence-electron chi connectivity index (χ0n) is 9.92. The zero-order chi connectivity index (χ0) is 13.1. The minimum absolute atomic E-state index is 0.0855. The van der Waals surface area contributed by atoms with Crippen LogP contribution in [0.15, 0.2) is 22.7 Å². The van der Waals surface area contributed by atoms with Crippen molar-refractivity contribution in [2.24, 2.45) is 0 Å². The maximum absolute atomic E-state index is 12.0. The number of anilines is 1. The molecular weight excluding hydrogens is 298 g/mol. The molecular formula is C12H14BrN3O2. The van der Waals surface area contributed by atoms with Gasteiger partial charge in [0, 0.05) is 16.7 Å². The molecule has 1 fully saturated rings. The Hall–Kier alpha value is -1.40. The second kappa shape index (κ2) is 5.49. The Labute approximate surface area is 113 Å². The Morgan fingerprint density at radius 2 is 2.28 bits per heavy atom. The number of amides is 2.